The molecule has 1 heteroatoms. The zero-order valence-electron chi connectivity index (χ0n) is 11.8. The van der Waals surface area contributed by atoms with Gasteiger partial charge in [-0.15, -0.1) is 0 Å². The third-order valence-corrected chi connectivity index (χ3v) is 2.54. The van der Waals surface area contributed by atoms with Crippen molar-refractivity contribution in [3.63, 3.8) is 0 Å². The second kappa shape index (κ2) is 7.94. The molecule has 17 heavy (non-hydrogen) atoms. The smallest absolute Gasteiger partial charge is 0.119 e. The maximum absolute atomic E-state index is 5.58. The van der Waals surface area contributed by atoms with Crippen molar-refractivity contribution < 1.29 is 4.74 Å². The Balaban J connectivity index is 4.07. The molecule has 1 unspecified atom stereocenters. The summed E-state index contributed by atoms with van der Waals surface area (Å²) in [6, 6.07) is 0. The lowest BCUT2D eigenvalue weighted by Crippen LogP contribution is -2.03. The summed E-state index contributed by atoms with van der Waals surface area (Å²) in [6.45, 7) is 20.1. The molecule has 0 fully saturated rings. The largest absolute Gasteiger partial charge is 0.463 e. The van der Waals surface area contributed by atoms with Crippen molar-refractivity contribution in [2.75, 3.05) is 0 Å². The molecule has 1 atom stereocenters. The third-order valence-electron chi connectivity index (χ3n) is 2.54. The molecular formula is C16H26O. The van der Waals surface area contributed by atoms with Crippen molar-refractivity contribution in [2.45, 2.75) is 40.5 Å². The van der Waals surface area contributed by atoms with Gasteiger partial charge in [0, 0.05) is 5.92 Å². The van der Waals surface area contributed by atoms with Gasteiger partial charge < -0.3 is 4.74 Å². The number of allylic oxidation sites excluding steroid dienone is 4. The highest BCUT2D eigenvalue weighted by Crippen LogP contribution is 2.21. The molecule has 0 aliphatic rings. The minimum atomic E-state index is 0.368. The first kappa shape index (κ1) is 15.8. The normalized spacial score (nSPS) is 12.8. The Kier molecular flexibility index (Phi) is 7.36. The van der Waals surface area contributed by atoms with E-state index in [0.29, 0.717) is 11.7 Å². The molecule has 0 amide bonds. The quantitative estimate of drug-likeness (QED) is 0.412. The summed E-state index contributed by atoms with van der Waals surface area (Å²) in [6.07, 6.45) is 6.00. The number of hydrogen-bond donors (Lipinski definition) is 0. The fourth-order valence-corrected chi connectivity index (χ4v) is 1.28. The van der Waals surface area contributed by atoms with Crippen molar-refractivity contribution in [2.24, 2.45) is 11.8 Å². The van der Waals surface area contributed by atoms with Crippen LogP contribution in [0.1, 0.15) is 40.5 Å². The summed E-state index contributed by atoms with van der Waals surface area (Å²) in [5.74, 6) is 2.50. The van der Waals surface area contributed by atoms with E-state index in [4.69, 9.17) is 4.74 Å². The van der Waals surface area contributed by atoms with Crippen molar-refractivity contribution >= 4 is 0 Å². The van der Waals surface area contributed by atoms with Gasteiger partial charge in [-0.1, -0.05) is 58.6 Å². The van der Waals surface area contributed by atoms with E-state index < -0.39 is 0 Å². The molecule has 0 saturated heterocycles. The first-order chi connectivity index (χ1) is 7.82. The summed E-state index contributed by atoms with van der Waals surface area (Å²) in [7, 11) is 0. The standard InChI is InChI=1S/C16H26O/c1-12(2)8-10-14(5)16(7)17-15(6)11-9-13(3)4/h9,11-12,14H,3,6-8,10H2,1-2,4-5H3/b11-9-. The van der Waals surface area contributed by atoms with Crippen LogP contribution in [0.25, 0.3) is 0 Å². The molecule has 1 nitrogen and oxygen atoms in total. The molecule has 0 aromatic heterocycles. The Hall–Kier alpha value is -1.24. The molecule has 0 radical (unpaired) electrons. The molecule has 96 valence electrons. The second-order valence-electron chi connectivity index (χ2n) is 5.09. The van der Waals surface area contributed by atoms with E-state index in [9.17, 15) is 0 Å². The number of hydrogen-bond acceptors (Lipinski definition) is 1. The van der Waals surface area contributed by atoms with E-state index in [1.165, 1.54) is 6.42 Å². The Bertz CT molecular complexity index is 307. The summed E-state index contributed by atoms with van der Waals surface area (Å²) in [4.78, 5) is 0. The van der Waals surface area contributed by atoms with E-state index in [0.717, 1.165) is 23.7 Å². The van der Waals surface area contributed by atoms with Gasteiger partial charge in [0.05, 0.1) is 5.76 Å². The minimum absolute atomic E-state index is 0.368. The topological polar surface area (TPSA) is 9.23 Å². The minimum Gasteiger partial charge on any atom is -0.463 e. The van der Waals surface area contributed by atoms with Crippen molar-refractivity contribution in [3.8, 4) is 0 Å². The van der Waals surface area contributed by atoms with Crippen LogP contribution in [0.3, 0.4) is 0 Å². The number of ether oxygens (including phenoxy) is 1. The van der Waals surface area contributed by atoms with Crippen LogP contribution in [0.5, 0.6) is 0 Å². The lowest BCUT2D eigenvalue weighted by atomic mass is 9.98. The highest BCUT2D eigenvalue weighted by Gasteiger charge is 2.09. The van der Waals surface area contributed by atoms with Gasteiger partial charge in [0.2, 0.25) is 0 Å². The van der Waals surface area contributed by atoms with E-state index in [1.807, 2.05) is 19.1 Å². The Labute approximate surface area is 107 Å². The summed E-state index contributed by atoms with van der Waals surface area (Å²) < 4.78 is 5.58. The van der Waals surface area contributed by atoms with Gasteiger partial charge in [0.15, 0.2) is 0 Å². The van der Waals surface area contributed by atoms with Crippen LogP contribution in [0, 0.1) is 11.8 Å². The molecule has 0 rings (SSSR count). The van der Waals surface area contributed by atoms with Crippen molar-refractivity contribution in [1.82, 2.24) is 0 Å². The van der Waals surface area contributed by atoms with Gasteiger partial charge in [-0.2, -0.15) is 0 Å². The lowest BCUT2D eigenvalue weighted by Gasteiger charge is -2.16. The van der Waals surface area contributed by atoms with E-state index in [2.05, 4.69) is 40.5 Å². The van der Waals surface area contributed by atoms with Crippen molar-refractivity contribution in [3.05, 3.63) is 49.0 Å². The van der Waals surface area contributed by atoms with Gasteiger partial charge in [-0.3, -0.25) is 0 Å². The van der Waals surface area contributed by atoms with Crippen LogP contribution in [-0.2, 0) is 4.74 Å². The SMILES string of the molecule is C=C(C)/C=C\C(=C)OC(=C)C(C)CCC(C)C. The third kappa shape index (κ3) is 8.56. The maximum atomic E-state index is 5.58. The fraction of sp³-hybridized carbons (Fsp3) is 0.500. The first-order valence-electron chi connectivity index (χ1n) is 6.22. The average Bonchev–Trinajstić information content (AvgIpc) is 2.22. The molecule has 0 bridgehead atoms. The summed E-state index contributed by atoms with van der Waals surface area (Å²) in [5, 5.41) is 0. The zero-order valence-corrected chi connectivity index (χ0v) is 11.8. The first-order valence-corrected chi connectivity index (χ1v) is 6.22. The van der Waals surface area contributed by atoms with Crippen LogP contribution in [0.15, 0.2) is 49.0 Å². The predicted molar refractivity (Wildman–Crippen MR) is 76.6 cm³/mol. The highest BCUT2D eigenvalue weighted by molar-refractivity contribution is 5.20. The zero-order chi connectivity index (χ0) is 13.4. The van der Waals surface area contributed by atoms with E-state index in [1.54, 1.807) is 0 Å². The molecule has 0 aromatic carbocycles. The molecule has 0 spiro atoms. The molecule has 0 aliphatic carbocycles. The van der Waals surface area contributed by atoms with E-state index >= 15 is 0 Å². The maximum Gasteiger partial charge on any atom is 0.119 e. The van der Waals surface area contributed by atoms with Crippen LogP contribution in [0.4, 0.5) is 0 Å². The van der Waals surface area contributed by atoms with Gasteiger partial charge >= 0.3 is 0 Å². The number of rotatable bonds is 8. The van der Waals surface area contributed by atoms with Gasteiger partial charge in [0.25, 0.3) is 0 Å². The van der Waals surface area contributed by atoms with Crippen LogP contribution in [0.2, 0.25) is 0 Å². The van der Waals surface area contributed by atoms with Gasteiger partial charge in [-0.25, -0.2) is 0 Å². The monoisotopic (exact) mass is 234 g/mol. The van der Waals surface area contributed by atoms with E-state index in [-0.39, 0.29) is 0 Å². The molecule has 0 aliphatic heterocycles. The fourth-order valence-electron chi connectivity index (χ4n) is 1.28. The Morgan fingerprint density at radius 1 is 1.06 bits per heavy atom. The average molecular weight is 234 g/mol. The molecular weight excluding hydrogens is 208 g/mol. The Morgan fingerprint density at radius 2 is 1.65 bits per heavy atom. The molecule has 0 aromatic rings. The summed E-state index contributed by atoms with van der Waals surface area (Å²) >= 11 is 0. The molecule has 0 heterocycles. The van der Waals surface area contributed by atoms with Crippen LogP contribution in [-0.4, -0.2) is 0 Å². The molecule has 0 saturated carbocycles. The van der Waals surface area contributed by atoms with Crippen LogP contribution < -0.4 is 0 Å². The Morgan fingerprint density at radius 3 is 2.12 bits per heavy atom. The highest BCUT2D eigenvalue weighted by atomic mass is 16.5. The second-order valence-corrected chi connectivity index (χ2v) is 5.09. The lowest BCUT2D eigenvalue weighted by molar-refractivity contribution is 0.264. The summed E-state index contributed by atoms with van der Waals surface area (Å²) in [5.41, 5.74) is 0.980. The predicted octanol–water partition coefficient (Wildman–Crippen LogP) is 5.24. The van der Waals surface area contributed by atoms with Crippen LogP contribution >= 0.6 is 0 Å². The van der Waals surface area contributed by atoms with Crippen molar-refractivity contribution in [1.29, 1.82) is 0 Å². The van der Waals surface area contributed by atoms with Gasteiger partial charge in [-0.05, 0) is 25.3 Å². The van der Waals surface area contributed by atoms with Gasteiger partial charge in [0.1, 0.15) is 5.76 Å². The molecule has 0 N–H and O–H groups in total.